The van der Waals surface area contributed by atoms with Gasteiger partial charge in [-0.3, -0.25) is 4.98 Å². The molecule has 0 unspecified atom stereocenters. The van der Waals surface area contributed by atoms with Crippen molar-refractivity contribution in [3.63, 3.8) is 0 Å². The van der Waals surface area contributed by atoms with Crippen LogP contribution in [0.1, 0.15) is 0 Å². The number of para-hydroxylation sites is 1. The molecule has 0 saturated carbocycles. The van der Waals surface area contributed by atoms with Crippen molar-refractivity contribution in [2.75, 3.05) is 0 Å². The van der Waals surface area contributed by atoms with Gasteiger partial charge >= 0.3 is 0 Å². The Balaban J connectivity index is 1.29. The highest BCUT2D eigenvalue weighted by Gasteiger charge is 2.21. The highest BCUT2D eigenvalue weighted by atomic mass is 16.5. The van der Waals surface area contributed by atoms with Crippen LogP contribution >= 0.6 is 0 Å². The van der Waals surface area contributed by atoms with E-state index in [0.29, 0.717) is 17.5 Å². The molecular weight excluding hydrogens is 504 g/mol. The van der Waals surface area contributed by atoms with Gasteiger partial charge in [-0.2, -0.15) is 0 Å². The summed E-state index contributed by atoms with van der Waals surface area (Å²) in [6.45, 7) is 0. The highest BCUT2D eigenvalue weighted by Crippen LogP contribution is 2.48. The molecule has 0 fully saturated rings. The third kappa shape index (κ3) is 4.03. The number of nitrogens with zero attached hydrogens (tertiary/aromatic N) is 4. The van der Waals surface area contributed by atoms with Gasteiger partial charge in [0, 0.05) is 45.6 Å². The fourth-order valence-electron chi connectivity index (χ4n) is 5.48. The minimum Gasteiger partial charge on any atom is -0.456 e. The highest BCUT2D eigenvalue weighted by molar-refractivity contribution is 6.09. The Kier molecular flexibility index (Phi) is 5.38. The van der Waals surface area contributed by atoms with Gasteiger partial charge < -0.3 is 4.74 Å². The van der Waals surface area contributed by atoms with E-state index in [-0.39, 0.29) is 0 Å². The molecule has 0 aliphatic carbocycles. The van der Waals surface area contributed by atoms with Crippen molar-refractivity contribution in [3.8, 4) is 67.9 Å². The maximum Gasteiger partial charge on any atom is 0.165 e. The second-order valence-electron chi connectivity index (χ2n) is 9.94. The van der Waals surface area contributed by atoms with Crippen molar-refractivity contribution in [2.45, 2.75) is 0 Å². The van der Waals surface area contributed by atoms with E-state index >= 15 is 0 Å². The molecule has 7 aromatic rings. The van der Waals surface area contributed by atoms with E-state index in [1.54, 1.807) is 0 Å². The molecule has 8 rings (SSSR count). The van der Waals surface area contributed by atoms with Crippen LogP contribution in [0.2, 0.25) is 0 Å². The average Bonchev–Trinajstić information content (AvgIpc) is 3.06. The summed E-state index contributed by atoms with van der Waals surface area (Å²) in [7, 11) is 0. The summed E-state index contributed by atoms with van der Waals surface area (Å²) in [5, 5.41) is 2.21. The molecule has 0 saturated heterocycles. The lowest BCUT2D eigenvalue weighted by molar-refractivity contribution is 0.487. The SMILES string of the molecule is c1ccc(-c2nc(-c3ccccc3)nc(-c3cncc(-c4ccc5c6c(cccc46)-c4ccccc4O5)c3)n2)cc1. The Hall–Kier alpha value is -5.68. The van der Waals surface area contributed by atoms with E-state index in [9.17, 15) is 0 Å². The lowest BCUT2D eigenvalue weighted by Crippen LogP contribution is -2.00. The zero-order valence-corrected chi connectivity index (χ0v) is 21.9. The normalized spacial score (nSPS) is 11.6. The minimum absolute atomic E-state index is 0.576. The van der Waals surface area contributed by atoms with Gasteiger partial charge in [0.25, 0.3) is 0 Å². The molecule has 1 aliphatic rings. The summed E-state index contributed by atoms with van der Waals surface area (Å²) in [5.74, 6) is 3.56. The maximum absolute atomic E-state index is 6.30. The first-order valence-corrected chi connectivity index (χ1v) is 13.5. The molecule has 41 heavy (non-hydrogen) atoms. The Morgan fingerprint density at radius 2 is 1.02 bits per heavy atom. The molecule has 192 valence electrons. The van der Waals surface area contributed by atoms with Gasteiger partial charge in [-0.15, -0.1) is 0 Å². The second kappa shape index (κ2) is 9.50. The molecule has 1 aliphatic heterocycles. The molecule has 0 bridgehead atoms. The molecule has 0 N–H and O–H groups in total. The van der Waals surface area contributed by atoms with Crippen LogP contribution in [-0.2, 0) is 0 Å². The van der Waals surface area contributed by atoms with Crippen LogP contribution in [0.25, 0.3) is 67.2 Å². The third-order valence-electron chi connectivity index (χ3n) is 7.41. The van der Waals surface area contributed by atoms with Crippen LogP contribution in [0.3, 0.4) is 0 Å². The summed E-state index contributed by atoms with van der Waals surface area (Å²) in [4.78, 5) is 19.2. The number of pyridine rings is 1. The smallest absolute Gasteiger partial charge is 0.165 e. The van der Waals surface area contributed by atoms with E-state index in [4.69, 9.17) is 19.7 Å². The minimum atomic E-state index is 0.576. The summed E-state index contributed by atoms with van der Waals surface area (Å²) in [6.07, 6.45) is 3.70. The summed E-state index contributed by atoms with van der Waals surface area (Å²) >= 11 is 0. The van der Waals surface area contributed by atoms with E-state index in [0.717, 1.165) is 55.7 Å². The van der Waals surface area contributed by atoms with Crippen molar-refractivity contribution in [3.05, 3.63) is 134 Å². The van der Waals surface area contributed by atoms with Gasteiger partial charge in [0.05, 0.1) is 0 Å². The first-order valence-electron chi connectivity index (χ1n) is 13.5. The summed E-state index contributed by atoms with van der Waals surface area (Å²) < 4.78 is 6.30. The standard InChI is InChI=1S/C36H22N4O/c1-3-10-23(11-4-1)34-38-35(24-12-5-2-6-13-24)40-36(39-34)26-20-25(21-37-22-26)27-18-19-32-33-29(27)15-9-16-30(33)28-14-7-8-17-31(28)41-32/h1-22H. The molecular formula is C36H22N4O. The van der Waals surface area contributed by atoms with Crippen molar-refractivity contribution in [1.29, 1.82) is 0 Å². The van der Waals surface area contributed by atoms with Crippen LogP contribution in [0, 0.1) is 0 Å². The monoisotopic (exact) mass is 526 g/mol. The quantitative estimate of drug-likeness (QED) is 0.229. The van der Waals surface area contributed by atoms with E-state index in [2.05, 4.69) is 41.4 Å². The largest absolute Gasteiger partial charge is 0.456 e. The van der Waals surface area contributed by atoms with Crippen molar-refractivity contribution in [2.24, 2.45) is 0 Å². The molecule has 0 radical (unpaired) electrons. The molecule has 5 nitrogen and oxygen atoms in total. The predicted molar refractivity (Wildman–Crippen MR) is 162 cm³/mol. The fourth-order valence-corrected chi connectivity index (χ4v) is 5.48. The van der Waals surface area contributed by atoms with E-state index in [1.807, 2.05) is 97.3 Å². The molecule has 5 aromatic carbocycles. The van der Waals surface area contributed by atoms with Gasteiger partial charge in [0.1, 0.15) is 11.5 Å². The maximum atomic E-state index is 6.30. The third-order valence-corrected chi connectivity index (χ3v) is 7.41. The Morgan fingerprint density at radius 1 is 0.415 bits per heavy atom. The first-order chi connectivity index (χ1) is 20.3. The number of fused-ring (bicyclic) bond motifs is 2. The molecule has 3 heterocycles. The Bertz CT molecular complexity index is 2020. The number of aromatic nitrogens is 4. The summed E-state index contributed by atoms with van der Waals surface area (Å²) in [5.41, 5.74) is 7.00. The molecule has 0 amide bonds. The first kappa shape index (κ1) is 23.2. The van der Waals surface area contributed by atoms with Crippen LogP contribution in [-0.4, -0.2) is 19.9 Å². The van der Waals surface area contributed by atoms with Crippen molar-refractivity contribution in [1.82, 2.24) is 19.9 Å². The zero-order valence-electron chi connectivity index (χ0n) is 21.9. The van der Waals surface area contributed by atoms with Crippen molar-refractivity contribution < 1.29 is 4.74 Å². The Labute approximate surface area is 236 Å². The molecule has 0 spiro atoms. The van der Waals surface area contributed by atoms with Gasteiger partial charge in [-0.05, 0) is 40.8 Å². The lowest BCUT2D eigenvalue weighted by Gasteiger charge is -2.22. The van der Waals surface area contributed by atoms with Gasteiger partial charge in [0.2, 0.25) is 0 Å². The fraction of sp³-hybridized carbons (Fsp3) is 0. The van der Waals surface area contributed by atoms with Gasteiger partial charge in [0.15, 0.2) is 17.5 Å². The van der Waals surface area contributed by atoms with Crippen LogP contribution in [0.4, 0.5) is 0 Å². The van der Waals surface area contributed by atoms with E-state index < -0.39 is 0 Å². The molecule has 0 atom stereocenters. The van der Waals surface area contributed by atoms with Crippen LogP contribution in [0.5, 0.6) is 11.5 Å². The topological polar surface area (TPSA) is 60.8 Å². The molecule has 2 aromatic heterocycles. The van der Waals surface area contributed by atoms with Gasteiger partial charge in [-0.1, -0.05) is 97.1 Å². The summed E-state index contributed by atoms with van der Waals surface area (Å²) in [6, 6.07) is 40.8. The van der Waals surface area contributed by atoms with Crippen LogP contribution in [0.15, 0.2) is 134 Å². The predicted octanol–water partition coefficient (Wildman–Crippen LogP) is 8.86. The van der Waals surface area contributed by atoms with Crippen molar-refractivity contribution >= 4 is 10.8 Å². The van der Waals surface area contributed by atoms with Crippen LogP contribution < -0.4 is 4.74 Å². The van der Waals surface area contributed by atoms with E-state index in [1.165, 1.54) is 5.56 Å². The number of benzene rings is 5. The lowest BCUT2D eigenvalue weighted by atomic mass is 9.90. The Morgan fingerprint density at radius 3 is 1.76 bits per heavy atom. The second-order valence-corrected chi connectivity index (χ2v) is 9.94. The molecule has 5 heteroatoms. The van der Waals surface area contributed by atoms with Gasteiger partial charge in [-0.25, -0.2) is 15.0 Å². The number of ether oxygens (including phenoxy) is 1. The zero-order chi connectivity index (χ0) is 27.2. The number of hydrogen-bond acceptors (Lipinski definition) is 5. The number of rotatable bonds is 4. The average molecular weight is 527 g/mol. The number of hydrogen-bond donors (Lipinski definition) is 0.